The predicted molar refractivity (Wildman–Crippen MR) is 87.2 cm³/mol. The van der Waals surface area contributed by atoms with Crippen molar-refractivity contribution >= 4 is 23.6 Å². The SMILES string of the molecule is CC(C)[C@H](NC(=O)Nc1ccccc1)C(=O)OCC(=O)NCC(F)(F)F. The summed E-state index contributed by atoms with van der Waals surface area (Å²) in [5.74, 6) is -2.39. The van der Waals surface area contributed by atoms with E-state index in [1.807, 2.05) is 0 Å². The van der Waals surface area contributed by atoms with Crippen molar-refractivity contribution in [3.05, 3.63) is 30.3 Å². The molecule has 0 fully saturated rings. The minimum atomic E-state index is -4.56. The molecule has 0 aliphatic heterocycles. The van der Waals surface area contributed by atoms with Crippen molar-refractivity contribution in [2.75, 3.05) is 18.5 Å². The summed E-state index contributed by atoms with van der Waals surface area (Å²) in [6.45, 7) is 0.881. The maximum Gasteiger partial charge on any atom is 0.405 e. The highest BCUT2D eigenvalue weighted by molar-refractivity contribution is 5.93. The third kappa shape index (κ3) is 8.36. The number of para-hydroxylation sites is 1. The zero-order valence-corrected chi connectivity index (χ0v) is 14.2. The molecule has 7 nitrogen and oxygen atoms in total. The van der Waals surface area contributed by atoms with Crippen LogP contribution in [-0.4, -0.2) is 43.3 Å². The maximum absolute atomic E-state index is 12.0. The van der Waals surface area contributed by atoms with Gasteiger partial charge in [-0.15, -0.1) is 0 Å². The van der Waals surface area contributed by atoms with Crippen molar-refractivity contribution in [2.45, 2.75) is 26.1 Å². The molecule has 0 bridgehead atoms. The van der Waals surface area contributed by atoms with Crippen LogP contribution >= 0.6 is 0 Å². The first-order valence-electron chi connectivity index (χ1n) is 7.71. The van der Waals surface area contributed by atoms with Gasteiger partial charge in [0.1, 0.15) is 12.6 Å². The lowest BCUT2D eigenvalue weighted by Gasteiger charge is -2.21. The van der Waals surface area contributed by atoms with Crippen LogP contribution in [0.25, 0.3) is 0 Å². The summed E-state index contributed by atoms with van der Waals surface area (Å²) in [6, 6.07) is 6.75. The summed E-state index contributed by atoms with van der Waals surface area (Å²) in [7, 11) is 0. The second-order valence-electron chi connectivity index (χ2n) is 5.69. The Kier molecular flexibility index (Phi) is 7.88. The van der Waals surface area contributed by atoms with Crippen molar-refractivity contribution in [3.8, 4) is 0 Å². The van der Waals surface area contributed by atoms with E-state index in [1.54, 1.807) is 49.5 Å². The number of ether oxygens (including phenoxy) is 1. The molecule has 0 aliphatic carbocycles. The summed E-state index contributed by atoms with van der Waals surface area (Å²) >= 11 is 0. The number of halogens is 3. The number of nitrogens with one attached hydrogen (secondary N) is 3. The summed E-state index contributed by atoms with van der Waals surface area (Å²) < 4.78 is 40.7. The molecule has 0 spiro atoms. The first-order chi connectivity index (χ1) is 12.1. The van der Waals surface area contributed by atoms with E-state index < -0.39 is 43.3 Å². The lowest BCUT2D eigenvalue weighted by molar-refractivity contribution is -0.153. The van der Waals surface area contributed by atoms with Gasteiger partial charge in [0.25, 0.3) is 5.91 Å². The van der Waals surface area contributed by atoms with Gasteiger partial charge in [-0.2, -0.15) is 13.2 Å². The number of esters is 1. The van der Waals surface area contributed by atoms with Gasteiger partial charge in [0.05, 0.1) is 0 Å². The molecule has 26 heavy (non-hydrogen) atoms. The molecule has 0 aliphatic rings. The van der Waals surface area contributed by atoms with Crippen molar-refractivity contribution in [1.29, 1.82) is 0 Å². The highest BCUT2D eigenvalue weighted by atomic mass is 19.4. The Morgan fingerprint density at radius 3 is 2.27 bits per heavy atom. The molecule has 3 N–H and O–H groups in total. The van der Waals surface area contributed by atoms with Crippen LogP contribution in [0.3, 0.4) is 0 Å². The predicted octanol–water partition coefficient (Wildman–Crippen LogP) is 2.05. The molecule has 0 unspecified atom stereocenters. The maximum atomic E-state index is 12.0. The van der Waals surface area contributed by atoms with Crippen LogP contribution in [0.2, 0.25) is 0 Å². The molecule has 3 amide bonds. The molecule has 0 heterocycles. The minimum absolute atomic E-state index is 0.373. The van der Waals surface area contributed by atoms with E-state index in [0.29, 0.717) is 5.69 Å². The number of amides is 3. The third-order valence-corrected chi connectivity index (χ3v) is 3.07. The fraction of sp³-hybridized carbons (Fsp3) is 0.438. The second-order valence-corrected chi connectivity index (χ2v) is 5.69. The van der Waals surface area contributed by atoms with Gasteiger partial charge >= 0.3 is 18.2 Å². The molecule has 0 radical (unpaired) electrons. The molecule has 1 atom stereocenters. The highest BCUT2D eigenvalue weighted by Crippen LogP contribution is 2.12. The fourth-order valence-corrected chi connectivity index (χ4v) is 1.80. The van der Waals surface area contributed by atoms with E-state index in [2.05, 4.69) is 15.4 Å². The fourth-order valence-electron chi connectivity index (χ4n) is 1.80. The Hall–Kier alpha value is -2.78. The number of rotatable bonds is 7. The number of hydrogen-bond donors (Lipinski definition) is 3. The van der Waals surface area contributed by atoms with Gasteiger partial charge in [-0.25, -0.2) is 9.59 Å². The Labute approximate surface area is 148 Å². The Morgan fingerprint density at radius 2 is 1.73 bits per heavy atom. The molecule has 144 valence electrons. The quantitative estimate of drug-likeness (QED) is 0.636. The standard InChI is InChI=1S/C16H20F3N3O4/c1-10(2)13(22-15(25)21-11-6-4-3-5-7-11)14(24)26-8-12(23)20-9-16(17,18)19/h3-7,10,13H,8-9H2,1-2H3,(H,20,23)(H2,21,22,25)/t13-/m0/s1. The summed E-state index contributed by atoms with van der Waals surface area (Å²) in [5.41, 5.74) is 0.507. The summed E-state index contributed by atoms with van der Waals surface area (Å²) in [5, 5.41) is 6.51. The van der Waals surface area contributed by atoms with E-state index in [-0.39, 0.29) is 5.92 Å². The smallest absolute Gasteiger partial charge is 0.405 e. The van der Waals surface area contributed by atoms with E-state index >= 15 is 0 Å². The number of urea groups is 1. The van der Waals surface area contributed by atoms with Gasteiger partial charge in [-0.05, 0) is 18.1 Å². The average molecular weight is 375 g/mol. The molecule has 0 saturated carbocycles. The Balaban J connectivity index is 2.51. The van der Waals surface area contributed by atoms with Crippen LogP contribution in [-0.2, 0) is 14.3 Å². The Morgan fingerprint density at radius 1 is 1.12 bits per heavy atom. The van der Waals surface area contributed by atoms with E-state index in [1.165, 1.54) is 0 Å². The van der Waals surface area contributed by atoms with Gasteiger partial charge in [0.15, 0.2) is 6.61 Å². The molecule has 1 aromatic carbocycles. The van der Waals surface area contributed by atoms with Crippen molar-refractivity contribution in [2.24, 2.45) is 5.92 Å². The molecule has 1 rings (SSSR count). The zero-order chi connectivity index (χ0) is 19.7. The van der Waals surface area contributed by atoms with Gasteiger partial charge in [-0.1, -0.05) is 32.0 Å². The molecule has 1 aromatic rings. The Bertz CT molecular complexity index is 621. The van der Waals surface area contributed by atoms with Gasteiger partial charge in [0, 0.05) is 5.69 Å². The number of hydrogen-bond acceptors (Lipinski definition) is 4. The lowest BCUT2D eigenvalue weighted by Crippen LogP contribution is -2.47. The number of alkyl halides is 3. The van der Waals surface area contributed by atoms with Crippen LogP contribution in [0.15, 0.2) is 30.3 Å². The van der Waals surface area contributed by atoms with E-state index in [4.69, 9.17) is 0 Å². The molecule has 0 aromatic heterocycles. The van der Waals surface area contributed by atoms with Crippen molar-refractivity contribution < 1.29 is 32.3 Å². The number of carbonyl (C=O) groups excluding carboxylic acids is 3. The number of benzene rings is 1. The van der Waals surface area contributed by atoms with E-state index in [0.717, 1.165) is 0 Å². The molecular weight excluding hydrogens is 355 g/mol. The number of carbonyl (C=O) groups is 3. The van der Waals surface area contributed by atoms with Crippen molar-refractivity contribution in [1.82, 2.24) is 10.6 Å². The molecule has 10 heteroatoms. The normalized spacial score (nSPS) is 12.2. The summed E-state index contributed by atoms with van der Waals surface area (Å²) in [6.07, 6.45) is -4.56. The highest BCUT2D eigenvalue weighted by Gasteiger charge is 2.29. The number of anilines is 1. The van der Waals surface area contributed by atoms with E-state index in [9.17, 15) is 27.6 Å². The minimum Gasteiger partial charge on any atom is -0.454 e. The molecular formula is C16H20F3N3O4. The van der Waals surface area contributed by atoms with Crippen molar-refractivity contribution in [3.63, 3.8) is 0 Å². The summed E-state index contributed by atoms with van der Waals surface area (Å²) in [4.78, 5) is 35.2. The van der Waals surface area contributed by atoms with Gasteiger partial charge in [0.2, 0.25) is 0 Å². The monoisotopic (exact) mass is 375 g/mol. The van der Waals surface area contributed by atoms with Crippen LogP contribution in [0.5, 0.6) is 0 Å². The van der Waals surface area contributed by atoms with Crippen LogP contribution in [0.1, 0.15) is 13.8 Å². The average Bonchev–Trinajstić information content (AvgIpc) is 2.55. The second kappa shape index (κ2) is 9.64. The molecule has 0 saturated heterocycles. The first-order valence-corrected chi connectivity index (χ1v) is 7.71. The zero-order valence-electron chi connectivity index (χ0n) is 14.2. The topological polar surface area (TPSA) is 96.5 Å². The van der Waals surface area contributed by atoms with Crippen LogP contribution in [0.4, 0.5) is 23.7 Å². The first kappa shape index (κ1) is 21.3. The van der Waals surface area contributed by atoms with Gasteiger partial charge < -0.3 is 20.7 Å². The van der Waals surface area contributed by atoms with Gasteiger partial charge in [-0.3, -0.25) is 4.79 Å². The third-order valence-electron chi connectivity index (χ3n) is 3.07. The lowest BCUT2D eigenvalue weighted by atomic mass is 10.1. The van der Waals surface area contributed by atoms with Crippen LogP contribution in [0, 0.1) is 5.92 Å². The largest absolute Gasteiger partial charge is 0.454 e. The van der Waals surface area contributed by atoms with Crippen LogP contribution < -0.4 is 16.0 Å².